The van der Waals surface area contributed by atoms with Crippen molar-refractivity contribution in [1.29, 1.82) is 0 Å². The van der Waals surface area contributed by atoms with Crippen molar-refractivity contribution in [1.82, 2.24) is 0 Å². The molecule has 1 heterocycles. The van der Waals surface area contributed by atoms with E-state index in [0.717, 1.165) is 36.7 Å². The Kier molecular flexibility index (Phi) is 2.24. The lowest BCUT2D eigenvalue weighted by atomic mass is 9.85. The first kappa shape index (κ1) is 11.8. The summed E-state index contributed by atoms with van der Waals surface area (Å²) >= 11 is 0. The van der Waals surface area contributed by atoms with Crippen LogP contribution >= 0.6 is 0 Å². The zero-order chi connectivity index (χ0) is 13.1. The minimum absolute atomic E-state index is 0.00781. The molecule has 1 aromatic rings. The molecule has 1 fully saturated rings. The predicted octanol–water partition coefficient (Wildman–Crippen LogP) is 2.51. The van der Waals surface area contributed by atoms with Crippen LogP contribution in [0.3, 0.4) is 0 Å². The number of benzene rings is 1. The van der Waals surface area contributed by atoms with E-state index in [4.69, 9.17) is 5.73 Å². The number of rotatable bonds is 0. The second kappa shape index (κ2) is 3.41. The first-order valence-electron chi connectivity index (χ1n) is 6.03. The number of nitrogens with two attached hydrogens (primary N) is 1. The molecule has 5 heteroatoms. The number of alkyl halides is 3. The van der Waals surface area contributed by atoms with E-state index in [1.54, 1.807) is 6.07 Å². The highest BCUT2D eigenvalue weighted by Crippen LogP contribution is 2.55. The number of nitrogens with zero attached hydrogens (tertiary/aromatic N) is 1. The largest absolute Gasteiger partial charge is 0.416 e. The molecule has 0 amide bonds. The summed E-state index contributed by atoms with van der Waals surface area (Å²) in [5.41, 5.74) is 6.84. The van der Waals surface area contributed by atoms with E-state index in [1.807, 2.05) is 11.9 Å². The summed E-state index contributed by atoms with van der Waals surface area (Å²) in [6.07, 6.45) is -2.64. The highest BCUT2D eigenvalue weighted by Gasteiger charge is 2.56. The summed E-state index contributed by atoms with van der Waals surface area (Å²) in [5.74, 6) is 0. The third-order valence-corrected chi connectivity index (χ3v) is 4.30. The quantitative estimate of drug-likeness (QED) is 0.772. The van der Waals surface area contributed by atoms with Gasteiger partial charge in [0.25, 0.3) is 0 Å². The topological polar surface area (TPSA) is 29.3 Å². The van der Waals surface area contributed by atoms with Crippen molar-refractivity contribution in [3.63, 3.8) is 0 Å². The van der Waals surface area contributed by atoms with Gasteiger partial charge in [0.15, 0.2) is 0 Å². The third-order valence-electron chi connectivity index (χ3n) is 4.30. The van der Waals surface area contributed by atoms with Gasteiger partial charge in [0.2, 0.25) is 0 Å². The molecule has 1 aromatic carbocycles. The number of fused-ring (bicyclic) bond motifs is 2. The van der Waals surface area contributed by atoms with Gasteiger partial charge >= 0.3 is 6.18 Å². The molecule has 0 bridgehead atoms. The highest BCUT2D eigenvalue weighted by atomic mass is 19.4. The number of hydrogen-bond donors (Lipinski definition) is 1. The summed E-state index contributed by atoms with van der Waals surface area (Å²) in [6.45, 7) is 0.853. The molecular formula is C13H15F3N2. The lowest BCUT2D eigenvalue weighted by molar-refractivity contribution is -0.137. The van der Waals surface area contributed by atoms with E-state index in [0.29, 0.717) is 0 Å². The van der Waals surface area contributed by atoms with Crippen LogP contribution in [0.1, 0.15) is 24.0 Å². The number of anilines is 1. The van der Waals surface area contributed by atoms with E-state index in [2.05, 4.69) is 0 Å². The minimum atomic E-state index is -4.29. The van der Waals surface area contributed by atoms with Crippen LogP contribution in [0.2, 0.25) is 0 Å². The number of hydrogen-bond acceptors (Lipinski definition) is 2. The van der Waals surface area contributed by atoms with E-state index >= 15 is 0 Å². The minimum Gasteiger partial charge on any atom is -0.374 e. The molecule has 2 nitrogen and oxygen atoms in total. The first-order chi connectivity index (χ1) is 8.34. The smallest absolute Gasteiger partial charge is 0.374 e. The predicted molar refractivity (Wildman–Crippen MR) is 63.6 cm³/mol. The summed E-state index contributed by atoms with van der Waals surface area (Å²) < 4.78 is 38.3. The Hall–Kier alpha value is -1.23. The Morgan fingerprint density at radius 3 is 2.61 bits per heavy atom. The average molecular weight is 256 g/mol. The molecule has 1 saturated carbocycles. The van der Waals surface area contributed by atoms with E-state index in [1.165, 1.54) is 6.07 Å². The van der Waals surface area contributed by atoms with Crippen LogP contribution in [0.5, 0.6) is 0 Å². The zero-order valence-corrected chi connectivity index (χ0v) is 10.1. The highest BCUT2D eigenvalue weighted by molar-refractivity contribution is 5.63. The van der Waals surface area contributed by atoms with Crippen molar-refractivity contribution >= 4 is 5.69 Å². The molecule has 0 saturated heterocycles. The van der Waals surface area contributed by atoms with Gasteiger partial charge in [0, 0.05) is 30.7 Å². The van der Waals surface area contributed by atoms with Crippen LogP contribution in [0.4, 0.5) is 18.9 Å². The summed E-state index contributed by atoms with van der Waals surface area (Å²) in [6, 6.07) is 4.03. The molecule has 3 rings (SSSR count). The van der Waals surface area contributed by atoms with Crippen LogP contribution in [0.25, 0.3) is 0 Å². The lowest BCUT2D eigenvalue weighted by Gasteiger charge is -2.34. The van der Waals surface area contributed by atoms with E-state index in [-0.39, 0.29) is 11.5 Å². The molecule has 2 unspecified atom stereocenters. The third kappa shape index (κ3) is 1.53. The van der Waals surface area contributed by atoms with Gasteiger partial charge in [-0.1, -0.05) is 0 Å². The van der Waals surface area contributed by atoms with Crippen LogP contribution in [-0.2, 0) is 11.6 Å². The van der Waals surface area contributed by atoms with Gasteiger partial charge in [-0.05, 0) is 36.6 Å². The Morgan fingerprint density at radius 1 is 1.39 bits per heavy atom. The number of halogens is 3. The molecule has 1 aliphatic carbocycles. The maximum Gasteiger partial charge on any atom is 0.416 e. The van der Waals surface area contributed by atoms with Gasteiger partial charge in [0.05, 0.1) is 5.56 Å². The van der Waals surface area contributed by atoms with Crippen molar-refractivity contribution in [2.45, 2.75) is 30.5 Å². The van der Waals surface area contributed by atoms with Crippen LogP contribution in [-0.4, -0.2) is 19.6 Å². The van der Waals surface area contributed by atoms with Crippen LogP contribution < -0.4 is 10.6 Å². The Morgan fingerprint density at radius 2 is 2.06 bits per heavy atom. The summed E-state index contributed by atoms with van der Waals surface area (Å²) in [4.78, 5) is 2.01. The summed E-state index contributed by atoms with van der Waals surface area (Å²) in [7, 11) is 1.91. The first-order valence-corrected chi connectivity index (χ1v) is 6.03. The van der Waals surface area contributed by atoms with Crippen LogP contribution in [0, 0.1) is 0 Å². The summed E-state index contributed by atoms with van der Waals surface area (Å²) in [5, 5.41) is 0. The average Bonchev–Trinajstić information content (AvgIpc) is 2.95. The van der Waals surface area contributed by atoms with E-state index < -0.39 is 11.7 Å². The standard InChI is InChI=1S/C13H15F3N2/c1-18-5-4-12(7-11(12)17)9-6-8(13(14,15)16)2-3-10(9)18/h2-3,6,11H,4-5,7,17H2,1H3. The molecule has 1 spiro atoms. The maximum absolute atomic E-state index is 12.8. The Balaban J connectivity index is 2.13. The van der Waals surface area contributed by atoms with Crippen LogP contribution in [0.15, 0.2) is 18.2 Å². The van der Waals surface area contributed by atoms with E-state index in [9.17, 15) is 13.2 Å². The van der Waals surface area contributed by atoms with Crippen molar-refractivity contribution in [3.8, 4) is 0 Å². The lowest BCUT2D eigenvalue weighted by Crippen LogP contribution is -2.34. The molecule has 2 N–H and O–H groups in total. The van der Waals surface area contributed by atoms with Gasteiger partial charge in [-0.25, -0.2) is 0 Å². The second-order valence-corrected chi connectivity index (χ2v) is 5.37. The van der Waals surface area contributed by atoms with Crippen molar-refractivity contribution in [2.75, 3.05) is 18.5 Å². The normalized spacial score (nSPS) is 30.5. The van der Waals surface area contributed by atoms with Gasteiger partial charge in [-0.15, -0.1) is 0 Å². The molecule has 0 aromatic heterocycles. The molecule has 98 valence electrons. The van der Waals surface area contributed by atoms with Gasteiger partial charge < -0.3 is 10.6 Å². The Bertz CT molecular complexity index is 497. The van der Waals surface area contributed by atoms with Crippen molar-refractivity contribution in [3.05, 3.63) is 29.3 Å². The zero-order valence-electron chi connectivity index (χ0n) is 10.1. The maximum atomic E-state index is 12.8. The molecule has 0 radical (unpaired) electrons. The molecule has 18 heavy (non-hydrogen) atoms. The second-order valence-electron chi connectivity index (χ2n) is 5.37. The van der Waals surface area contributed by atoms with Gasteiger partial charge in [-0.2, -0.15) is 13.2 Å². The van der Waals surface area contributed by atoms with Crippen molar-refractivity contribution in [2.24, 2.45) is 5.73 Å². The fourth-order valence-electron chi connectivity index (χ4n) is 3.00. The van der Waals surface area contributed by atoms with Gasteiger partial charge in [-0.3, -0.25) is 0 Å². The Labute approximate surface area is 104 Å². The van der Waals surface area contributed by atoms with Crippen molar-refractivity contribution < 1.29 is 13.2 Å². The molecule has 1 aliphatic heterocycles. The molecular weight excluding hydrogens is 241 g/mol. The van der Waals surface area contributed by atoms with Gasteiger partial charge in [0.1, 0.15) is 0 Å². The molecule has 2 aliphatic rings. The molecule has 2 atom stereocenters. The SMILES string of the molecule is CN1CCC2(CC2N)c2cc(C(F)(F)F)ccc21. The fourth-order valence-corrected chi connectivity index (χ4v) is 3.00. The monoisotopic (exact) mass is 256 g/mol. The fraction of sp³-hybridized carbons (Fsp3) is 0.538.